The molecule has 1 saturated carbocycles. The zero-order valence-electron chi connectivity index (χ0n) is 38.4. The minimum Gasteiger partial charge on any atom is -0.319 e. The second-order valence-electron chi connectivity index (χ2n) is 18.9. The van der Waals surface area contributed by atoms with Gasteiger partial charge in [-0.3, -0.25) is 0 Å². The summed E-state index contributed by atoms with van der Waals surface area (Å²) in [5.41, 5.74) is 10.1. The van der Waals surface area contributed by atoms with E-state index in [9.17, 15) is 4.57 Å². The molecule has 0 bridgehead atoms. The molecule has 11 aromatic rings. The van der Waals surface area contributed by atoms with E-state index in [0.717, 1.165) is 83.5 Å². The van der Waals surface area contributed by atoms with Crippen molar-refractivity contribution >= 4 is 55.5 Å². The van der Waals surface area contributed by atoms with E-state index in [-0.39, 0.29) is 5.41 Å². The summed E-state index contributed by atoms with van der Waals surface area (Å²) in [6.45, 7) is 3.79. The number of aromatic nitrogens is 3. The Labute approximate surface area is 397 Å². The van der Waals surface area contributed by atoms with Crippen LogP contribution in [0.15, 0.2) is 206 Å². The van der Waals surface area contributed by atoms with Crippen LogP contribution in [-0.4, -0.2) is 28.3 Å². The van der Waals surface area contributed by atoms with Crippen molar-refractivity contribution in [2.75, 3.05) is 13.3 Å². The molecule has 0 unspecified atom stereocenters. The van der Waals surface area contributed by atoms with E-state index in [0.29, 0.717) is 17.5 Å². The van der Waals surface area contributed by atoms with Gasteiger partial charge in [0.05, 0.1) is 0 Å². The van der Waals surface area contributed by atoms with Crippen LogP contribution in [0.3, 0.4) is 0 Å². The summed E-state index contributed by atoms with van der Waals surface area (Å²) in [4.78, 5) is 15.9. The van der Waals surface area contributed by atoms with Gasteiger partial charge in [-0.2, -0.15) is 0 Å². The first-order valence-electron chi connectivity index (χ1n) is 23.9. The molecule has 328 valence electrons. The highest BCUT2D eigenvalue weighted by Gasteiger charge is 2.36. The van der Waals surface area contributed by atoms with E-state index in [2.05, 4.69) is 200 Å². The molecule has 0 aliphatic heterocycles. The predicted octanol–water partition coefficient (Wildman–Crippen LogP) is 16.3. The third-order valence-electron chi connectivity index (χ3n) is 14.5. The lowest BCUT2D eigenvalue weighted by Crippen LogP contribution is -2.30. The Morgan fingerprint density at radius 3 is 1.28 bits per heavy atom. The molecular weight excluding hydrogens is 846 g/mol. The van der Waals surface area contributed by atoms with Gasteiger partial charge in [0, 0.05) is 27.4 Å². The Bertz CT molecular complexity index is 3630. The molecule has 1 aliphatic rings. The Morgan fingerprint density at radius 1 is 0.368 bits per heavy atom. The second-order valence-corrected chi connectivity index (χ2v) is 22.1. The van der Waals surface area contributed by atoms with Crippen LogP contribution < -0.4 is 5.30 Å². The van der Waals surface area contributed by atoms with Crippen LogP contribution in [0.1, 0.15) is 43.2 Å². The van der Waals surface area contributed by atoms with Crippen LogP contribution in [0.2, 0.25) is 0 Å². The van der Waals surface area contributed by atoms with E-state index in [4.69, 9.17) is 15.0 Å². The van der Waals surface area contributed by atoms with Crippen molar-refractivity contribution in [3.8, 4) is 56.4 Å². The maximum Gasteiger partial charge on any atom is 0.165 e. The van der Waals surface area contributed by atoms with Crippen molar-refractivity contribution < 1.29 is 4.57 Å². The fourth-order valence-corrected chi connectivity index (χ4v) is 12.8. The topological polar surface area (TPSA) is 55.7 Å². The summed E-state index contributed by atoms with van der Waals surface area (Å²) in [6.07, 6.45) is 5.77. The molecular formula is C63H50N3OP. The van der Waals surface area contributed by atoms with Gasteiger partial charge in [-0.05, 0) is 109 Å². The monoisotopic (exact) mass is 895 g/mol. The van der Waals surface area contributed by atoms with Crippen LogP contribution in [0.4, 0.5) is 0 Å². The van der Waals surface area contributed by atoms with E-state index in [1.165, 1.54) is 47.1 Å². The van der Waals surface area contributed by atoms with E-state index in [1.54, 1.807) is 0 Å². The molecule has 1 heterocycles. The molecule has 0 saturated heterocycles. The van der Waals surface area contributed by atoms with Crippen molar-refractivity contribution in [2.24, 2.45) is 0 Å². The van der Waals surface area contributed by atoms with Crippen molar-refractivity contribution in [3.63, 3.8) is 0 Å². The quantitative estimate of drug-likeness (QED) is 0.113. The minimum absolute atomic E-state index is 0.127. The number of hydrogen-bond donors (Lipinski definition) is 0. The zero-order chi connectivity index (χ0) is 45.8. The molecule has 0 spiro atoms. The van der Waals surface area contributed by atoms with Gasteiger partial charge in [-0.1, -0.05) is 219 Å². The van der Waals surface area contributed by atoms with Gasteiger partial charge in [-0.25, -0.2) is 15.0 Å². The summed E-state index contributed by atoms with van der Waals surface area (Å²) >= 11 is 0. The van der Waals surface area contributed by atoms with Gasteiger partial charge in [0.15, 0.2) is 17.5 Å². The van der Waals surface area contributed by atoms with E-state index in [1.807, 2.05) is 19.4 Å². The molecule has 0 amide bonds. The van der Waals surface area contributed by atoms with Gasteiger partial charge in [0.25, 0.3) is 0 Å². The first-order valence-corrected chi connectivity index (χ1v) is 26.5. The lowest BCUT2D eigenvalue weighted by molar-refractivity contribution is 0.346. The van der Waals surface area contributed by atoms with Crippen LogP contribution in [-0.2, 0) is 9.98 Å². The third kappa shape index (κ3) is 7.32. The van der Waals surface area contributed by atoms with E-state index < -0.39 is 7.14 Å². The van der Waals surface area contributed by atoms with Crippen molar-refractivity contribution in [1.82, 2.24) is 15.0 Å². The summed E-state index contributed by atoms with van der Waals surface area (Å²) in [5, 5.41) is 9.93. The molecule has 12 rings (SSSR count). The van der Waals surface area contributed by atoms with Crippen molar-refractivity contribution in [3.05, 3.63) is 217 Å². The predicted molar refractivity (Wildman–Crippen MR) is 286 cm³/mol. The number of nitrogens with zero attached hydrogens (tertiary/aromatic N) is 3. The van der Waals surface area contributed by atoms with Crippen molar-refractivity contribution in [1.29, 1.82) is 0 Å². The summed E-state index contributed by atoms with van der Waals surface area (Å²) in [5.74, 6) is 1.95. The van der Waals surface area contributed by atoms with E-state index >= 15 is 0 Å². The van der Waals surface area contributed by atoms with Gasteiger partial charge in [0.1, 0.15) is 7.14 Å². The fraction of sp³-hybridized carbons (Fsp3) is 0.127. The number of benzene rings is 10. The molecule has 4 nitrogen and oxygen atoms in total. The first-order chi connectivity index (χ1) is 33.3. The van der Waals surface area contributed by atoms with Crippen LogP contribution in [0, 0.1) is 0 Å². The highest BCUT2D eigenvalue weighted by molar-refractivity contribution is 7.71. The highest BCUT2D eigenvalue weighted by Crippen LogP contribution is 2.48. The Balaban J connectivity index is 0.964. The largest absolute Gasteiger partial charge is 0.319 e. The lowest BCUT2D eigenvalue weighted by atomic mass is 9.65. The minimum atomic E-state index is -2.59. The summed E-state index contributed by atoms with van der Waals surface area (Å²) in [7, 11) is -2.59. The average Bonchev–Trinajstić information content (AvgIpc) is 3.39. The van der Waals surface area contributed by atoms with Crippen LogP contribution in [0.5, 0.6) is 0 Å². The number of rotatable bonds is 8. The molecule has 0 N–H and O–H groups in total. The standard InChI is InChI=1S/C63H50N3OP/c1-68(2,67)59-55-25-13-11-23-53(55)57(54-24-12-14-26-56(54)59)44-31-35-49(36-32-44)63(39-15-4-16-40-63)50-37-33-46(34-38-50)61-64-60(45-29-27-43(28-30-45)42-17-5-3-6-18-42)65-62(66-61)58-51-21-9-7-19-47(51)41-48-20-8-10-22-52(48)58/h3,5-14,17-38,41H,4,15-16,39-40H2,1-2H3. The summed E-state index contributed by atoms with van der Waals surface area (Å²) in [6, 6.07) is 73.9. The molecule has 1 fully saturated rings. The normalized spacial score (nSPS) is 13.9. The molecule has 5 heteroatoms. The van der Waals surface area contributed by atoms with Crippen LogP contribution >= 0.6 is 7.14 Å². The Hall–Kier alpha value is -7.52. The van der Waals surface area contributed by atoms with Crippen molar-refractivity contribution in [2.45, 2.75) is 37.5 Å². The smallest absolute Gasteiger partial charge is 0.165 e. The highest BCUT2D eigenvalue weighted by atomic mass is 31.2. The molecule has 0 radical (unpaired) electrons. The third-order valence-corrected chi connectivity index (χ3v) is 16.0. The second kappa shape index (κ2) is 17.0. The van der Waals surface area contributed by atoms with Crippen LogP contribution in [0.25, 0.3) is 99.5 Å². The molecule has 0 atom stereocenters. The number of fused-ring (bicyclic) bond motifs is 4. The zero-order valence-corrected chi connectivity index (χ0v) is 39.3. The summed E-state index contributed by atoms with van der Waals surface area (Å²) < 4.78 is 13.9. The Kier molecular flexibility index (Phi) is 10.5. The maximum absolute atomic E-state index is 13.9. The van der Waals surface area contributed by atoms with Gasteiger partial charge in [0.2, 0.25) is 0 Å². The lowest BCUT2D eigenvalue weighted by Gasteiger charge is -2.39. The molecule has 68 heavy (non-hydrogen) atoms. The van der Waals surface area contributed by atoms with Gasteiger partial charge < -0.3 is 4.57 Å². The molecule has 1 aliphatic carbocycles. The Morgan fingerprint density at radius 2 is 0.765 bits per heavy atom. The van der Waals surface area contributed by atoms with Gasteiger partial charge in [-0.15, -0.1) is 0 Å². The first kappa shape index (κ1) is 41.9. The molecule has 1 aromatic heterocycles. The van der Waals surface area contributed by atoms with Gasteiger partial charge >= 0.3 is 0 Å². The molecule has 10 aromatic carbocycles. The maximum atomic E-state index is 13.9. The average molecular weight is 896 g/mol. The fourth-order valence-electron chi connectivity index (χ4n) is 11.2. The number of hydrogen-bond acceptors (Lipinski definition) is 4. The SMILES string of the molecule is CP(C)(=O)c1c2ccccc2c(-c2ccc(C3(c4ccc(-c5nc(-c6ccc(-c7ccccc7)cc6)nc(-c6c7ccccc7cc7ccccc67)n5)cc4)CCCCC3)cc2)c2ccccc12.